The number of carbonyl (C=O) groups is 1. The van der Waals surface area contributed by atoms with Crippen LogP contribution in [0.4, 0.5) is 18.9 Å². The van der Waals surface area contributed by atoms with E-state index >= 15 is 0 Å². The van der Waals surface area contributed by atoms with Crippen LogP contribution in [0, 0.1) is 0 Å². The Kier molecular flexibility index (Phi) is 5.67. The average Bonchev–Trinajstić information content (AvgIpc) is 2.53. The van der Waals surface area contributed by atoms with Gasteiger partial charge in [-0.05, 0) is 36.4 Å². The van der Waals surface area contributed by atoms with Crippen LogP contribution in [0.2, 0.25) is 5.02 Å². The minimum Gasteiger partial charge on any atom is -0.482 e. The van der Waals surface area contributed by atoms with Crippen molar-refractivity contribution in [2.24, 2.45) is 0 Å². The van der Waals surface area contributed by atoms with E-state index in [1.165, 1.54) is 18.2 Å². The van der Waals surface area contributed by atoms with Crippen LogP contribution in [0.25, 0.3) is 0 Å². The van der Waals surface area contributed by atoms with Crippen molar-refractivity contribution in [3.05, 3.63) is 53.1 Å². The zero-order valence-corrected chi connectivity index (χ0v) is 14.3. The highest BCUT2D eigenvalue weighted by atomic mass is 35.5. The van der Waals surface area contributed by atoms with Crippen LogP contribution < -0.4 is 9.46 Å². The smallest absolute Gasteiger partial charge is 0.422 e. The molecule has 0 aliphatic heterocycles. The summed E-state index contributed by atoms with van der Waals surface area (Å²) in [6.45, 7) is -1.63. The molecule has 0 saturated heterocycles. The second-order valence-electron chi connectivity index (χ2n) is 4.98. The van der Waals surface area contributed by atoms with E-state index in [1.807, 2.05) is 4.72 Å². The third-order valence-electron chi connectivity index (χ3n) is 2.97. The molecule has 26 heavy (non-hydrogen) atoms. The number of hydrogen-bond acceptors (Lipinski definition) is 4. The highest BCUT2D eigenvalue weighted by molar-refractivity contribution is 7.92. The van der Waals surface area contributed by atoms with E-state index in [2.05, 4.69) is 4.74 Å². The average molecular weight is 410 g/mol. The number of nitrogens with one attached hydrogen (secondary N) is 1. The Morgan fingerprint density at radius 2 is 1.88 bits per heavy atom. The Balaban J connectivity index is 2.35. The fraction of sp³-hybridized carbons (Fsp3) is 0.133. The molecule has 0 aliphatic carbocycles. The fourth-order valence-electron chi connectivity index (χ4n) is 1.87. The summed E-state index contributed by atoms with van der Waals surface area (Å²) in [6, 6.07) is 7.85. The molecule has 2 N–H and O–H groups in total. The van der Waals surface area contributed by atoms with Crippen molar-refractivity contribution in [3.63, 3.8) is 0 Å². The van der Waals surface area contributed by atoms with E-state index in [4.69, 9.17) is 16.7 Å². The Morgan fingerprint density at radius 3 is 2.50 bits per heavy atom. The molecule has 0 aromatic heterocycles. The van der Waals surface area contributed by atoms with Gasteiger partial charge in [0.2, 0.25) is 0 Å². The molecule has 0 atom stereocenters. The summed E-state index contributed by atoms with van der Waals surface area (Å²) < 4.78 is 68.5. The molecule has 0 amide bonds. The zero-order chi connectivity index (χ0) is 19.5. The predicted octanol–water partition coefficient (Wildman–Crippen LogP) is 3.78. The van der Waals surface area contributed by atoms with Crippen LogP contribution in [0.15, 0.2) is 47.4 Å². The molecular formula is C15H11ClF3NO5S. The SMILES string of the molecule is O=C(O)c1cccc(S(=O)(=O)Nc2cc(Cl)ccc2OCC(F)(F)F)c1. The number of ether oxygens (including phenoxy) is 1. The normalized spacial score (nSPS) is 11.8. The minimum absolute atomic E-state index is 0.0568. The zero-order valence-electron chi connectivity index (χ0n) is 12.7. The third kappa shape index (κ3) is 5.27. The van der Waals surface area contributed by atoms with Gasteiger partial charge in [0.05, 0.1) is 16.1 Å². The van der Waals surface area contributed by atoms with Gasteiger partial charge in [-0.25, -0.2) is 13.2 Å². The Labute approximate surface area is 151 Å². The minimum atomic E-state index is -4.62. The van der Waals surface area contributed by atoms with Gasteiger partial charge >= 0.3 is 12.1 Å². The van der Waals surface area contributed by atoms with Crippen molar-refractivity contribution in [1.29, 1.82) is 0 Å². The number of benzene rings is 2. The van der Waals surface area contributed by atoms with Gasteiger partial charge in [0.1, 0.15) is 5.75 Å². The van der Waals surface area contributed by atoms with Crippen LogP contribution in [-0.2, 0) is 10.0 Å². The molecule has 140 valence electrons. The van der Waals surface area contributed by atoms with Crippen LogP contribution >= 0.6 is 11.6 Å². The van der Waals surface area contributed by atoms with E-state index in [1.54, 1.807) is 0 Å². The fourth-order valence-corrected chi connectivity index (χ4v) is 3.15. The van der Waals surface area contributed by atoms with E-state index in [9.17, 15) is 26.4 Å². The molecule has 0 heterocycles. The number of aromatic carboxylic acids is 1. The van der Waals surface area contributed by atoms with Crippen molar-refractivity contribution in [2.45, 2.75) is 11.1 Å². The molecule has 6 nitrogen and oxygen atoms in total. The molecule has 0 fully saturated rings. The summed E-state index contributed by atoms with van der Waals surface area (Å²) in [5.41, 5.74) is -0.588. The second-order valence-corrected chi connectivity index (χ2v) is 7.10. The lowest BCUT2D eigenvalue weighted by atomic mass is 10.2. The van der Waals surface area contributed by atoms with E-state index < -0.39 is 28.8 Å². The van der Waals surface area contributed by atoms with Crippen LogP contribution in [0.3, 0.4) is 0 Å². The van der Waals surface area contributed by atoms with E-state index in [-0.39, 0.29) is 26.9 Å². The number of alkyl halides is 3. The first-order valence-electron chi connectivity index (χ1n) is 6.83. The van der Waals surface area contributed by atoms with Crippen LogP contribution in [0.5, 0.6) is 5.75 Å². The first-order chi connectivity index (χ1) is 12.0. The summed E-state index contributed by atoms with van der Waals surface area (Å²) in [4.78, 5) is 10.6. The molecule has 11 heteroatoms. The molecule has 0 aliphatic rings. The highest BCUT2D eigenvalue weighted by Crippen LogP contribution is 2.31. The quantitative estimate of drug-likeness (QED) is 0.757. The van der Waals surface area contributed by atoms with Gasteiger partial charge in [0, 0.05) is 5.02 Å². The summed E-state index contributed by atoms with van der Waals surface area (Å²) in [5.74, 6) is -1.72. The topological polar surface area (TPSA) is 92.7 Å². The number of halogens is 4. The number of anilines is 1. The number of carboxylic acids is 1. The third-order valence-corrected chi connectivity index (χ3v) is 4.57. The Morgan fingerprint density at radius 1 is 1.19 bits per heavy atom. The van der Waals surface area contributed by atoms with Crippen LogP contribution in [-0.4, -0.2) is 32.3 Å². The molecule has 0 bridgehead atoms. The van der Waals surface area contributed by atoms with Crippen LogP contribution in [0.1, 0.15) is 10.4 Å². The van der Waals surface area contributed by atoms with Gasteiger partial charge in [-0.3, -0.25) is 4.72 Å². The summed E-state index contributed by atoms with van der Waals surface area (Å²) >= 11 is 5.76. The first-order valence-corrected chi connectivity index (χ1v) is 8.69. The summed E-state index contributed by atoms with van der Waals surface area (Å²) in [5, 5.41) is 8.99. The number of sulfonamides is 1. The van der Waals surface area contributed by atoms with Crippen molar-refractivity contribution < 1.29 is 36.2 Å². The van der Waals surface area contributed by atoms with Crippen molar-refractivity contribution in [1.82, 2.24) is 0 Å². The molecular weight excluding hydrogens is 399 g/mol. The molecule has 0 spiro atoms. The molecule has 2 aromatic carbocycles. The lowest BCUT2D eigenvalue weighted by Gasteiger charge is -2.15. The number of hydrogen-bond donors (Lipinski definition) is 2. The van der Waals surface area contributed by atoms with E-state index in [0.717, 1.165) is 24.3 Å². The molecule has 0 unspecified atom stereocenters. The highest BCUT2D eigenvalue weighted by Gasteiger charge is 2.29. The van der Waals surface area contributed by atoms with Crippen molar-refractivity contribution >= 4 is 33.3 Å². The Hall–Kier alpha value is -2.46. The standard InChI is InChI=1S/C15H11ClF3NO5S/c16-10-4-5-13(25-8-15(17,18)19)12(7-10)20-26(23,24)11-3-1-2-9(6-11)14(21)22/h1-7,20H,8H2,(H,21,22). The second kappa shape index (κ2) is 7.42. The van der Waals surface area contributed by atoms with Gasteiger partial charge in [-0.1, -0.05) is 17.7 Å². The van der Waals surface area contributed by atoms with Gasteiger partial charge in [-0.2, -0.15) is 13.2 Å². The monoisotopic (exact) mass is 409 g/mol. The maximum Gasteiger partial charge on any atom is 0.422 e. The van der Waals surface area contributed by atoms with Gasteiger partial charge in [0.15, 0.2) is 6.61 Å². The largest absolute Gasteiger partial charge is 0.482 e. The molecule has 0 radical (unpaired) electrons. The van der Waals surface area contributed by atoms with Gasteiger partial charge < -0.3 is 9.84 Å². The van der Waals surface area contributed by atoms with E-state index in [0.29, 0.717) is 0 Å². The molecule has 2 aromatic rings. The lowest BCUT2D eigenvalue weighted by Crippen LogP contribution is -2.20. The maximum absolute atomic E-state index is 12.4. The Bertz CT molecular complexity index is 931. The molecule has 0 saturated carbocycles. The van der Waals surface area contributed by atoms with Gasteiger partial charge in [0.25, 0.3) is 10.0 Å². The summed E-state index contributed by atoms with van der Waals surface area (Å²) in [6.07, 6.45) is -4.62. The predicted molar refractivity (Wildman–Crippen MR) is 87.2 cm³/mol. The van der Waals surface area contributed by atoms with Gasteiger partial charge in [-0.15, -0.1) is 0 Å². The first kappa shape index (κ1) is 19.9. The lowest BCUT2D eigenvalue weighted by molar-refractivity contribution is -0.153. The number of rotatable bonds is 6. The number of carboxylic acid groups (broad SMARTS) is 1. The molecule has 2 rings (SSSR count). The van der Waals surface area contributed by atoms with Crippen molar-refractivity contribution in [2.75, 3.05) is 11.3 Å². The van der Waals surface area contributed by atoms with Crippen molar-refractivity contribution in [3.8, 4) is 5.75 Å². The summed E-state index contributed by atoms with van der Waals surface area (Å²) in [7, 11) is -4.30. The maximum atomic E-state index is 12.4.